The SMILES string of the molecule is COc1ccc(OC2CCN(c3nc4c(cc3C)C(=O)CC4)CC2)cn1. The van der Waals surface area contributed by atoms with Crippen molar-refractivity contribution in [2.45, 2.75) is 38.7 Å². The number of aromatic nitrogens is 2. The average Bonchev–Trinajstić information content (AvgIpc) is 3.02. The van der Waals surface area contributed by atoms with E-state index in [2.05, 4.69) is 9.88 Å². The van der Waals surface area contributed by atoms with Crippen LogP contribution in [0.5, 0.6) is 11.6 Å². The molecule has 0 bridgehead atoms. The Morgan fingerprint density at radius 2 is 2.00 bits per heavy atom. The van der Waals surface area contributed by atoms with Crippen LogP contribution in [0.1, 0.15) is 40.9 Å². The van der Waals surface area contributed by atoms with Crippen molar-refractivity contribution >= 4 is 11.6 Å². The summed E-state index contributed by atoms with van der Waals surface area (Å²) < 4.78 is 11.1. The summed E-state index contributed by atoms with van der Waals surface area (Å²) in [6.45, 7) is 3.84. The second-order valence-corrected chi connectivity index (χ2v) is 6.89. The second kappa shape index (κ2) is 6.94. The van der Waals surface area contributed by atoms with Gasteiger partial charge in [-0.2, -0.15) is 0 Å². The summed E-state index contributed by atoms with van der Waals surface area (Å²) in [5.74, 6) is 2.60. The molecule has 1 saturated heterocycles. The molecule has 1 aliphatic carbocycles. The Hall–Kier alpha value is -2.63. The van der Waals surface area contributed by atoms with E-state index in [1.807, 2.05) is 25.1 Å². The Kier molecular flexibility index (Phi) is 4.49. The molecule has 0 aromatic carbocycles. The number of ether oxygens (including phenoxy) is 2. The molecule has 0 saturated carbocycles. The van der Waals surface area contributed by atoms with Crippen molar-refractivity contribution in [3.63, 3.8) is 0 Å². The lowest BCUT2D eigenvalue weighted by Crippen LogP contribution is -2.39. The minimum Gasteiger partial charge on any atom is -0.489 e. The number of hydrogen-bond acceptors (Lipinski definition) is 6. The fraction of sp³-hybridized carbons (Fsp3) is 0.450. The van der Waals surface area contributed by atoms with E-state index in [-0.39, 0.29) is 11.9 Å². The smallest absolute Gasteiger partial charge is 0.213 e. The van der Waals surface area contributed by atoms with Crippen LogP contribution in [0.4, 0.5) is 5.82 Å². The fourth-order valence-corrected chi connectivity index (χ4v) is 3.69. The van der Waals surface area contributed by atoms with Gasteiger partial charge in [0.15, 0.2) is 5.78 Å². The van der Waals surface area contributed by atoms with Gasteiger partial charge in [0, 0.05) is 44.0 Å². The Morgan fingerprint density at radius 3 is 2.69 bits per heavy atom. The van der Waals surface area contributed by atoms with Crippen LogP contribution >= 0.6 is 0 Å². The maximum atomic E-state index is 11.9. The number of rotatable bonds is 4. The van der Waals surface area contributed by atoms with E-state index < -0.39 is 0 Å². The molecule has 3 heterocycles. The predicted molar refractivity (Wildman–Crippen MR) is 98.3 cm³/mol. The number of carbonyl (C=O) groups excluding carboxylic acids is 1. The van der Waals surface area contributed by atoms with E-state index in [9.17, 15) is 4.79 Å². The average molecular weight is 353 g/mol. The molecule has 4 rings (SSSR count). The molecular weight excluding hydrogens is 330 g/mol. The Labute approximate surface area is 153 Å². The molecule has 0 atom stereocenters. The lowest BCUT2D eigenvalue weighted by atomic mass is 10.1. The van der Waals surface area contributed by atoms with Gasteiger partial charge in [-0.1, -0.05) is 0 Å². The number of ketones is 1. The van der Waals surface area contributed by atoms with E-state index in [4.69, 9.17) is 14.5 Å². The Balaban J connectivity index is 1.40. The number of methoxy groups -OCH3 is 1. The van der Waals surface area contributed by atoms with Gasteiger partial charge in [-0.05, 0) is 31.0 Å². The molecule has 136 valence electrons. The first-order valence-corrected chi connectivity index (χ1v) is 9.09. The zero-order chi connectivity index (χ0) is 18.1. The maximum Gasteiger partial charge on any atom is 0.213 e. The Bertz CT molecular complexity index is 812. The van der Waals surface area contributed by atoms with Gasteiger partial charge < -0.3 is 14.4 Å². The molecule has 0 radical (unpaired) electrons. The molecule has 0 amide bonds. The largest absolute Gasteiger partial charge is 0.489 e. The van der Waals surface area contributed by atoms with E-state index in [1.165, 1.54) is 0 Å². The van der Waals surface area contributed by atoms with Crippen molar-refractivity contribution in [2.24, 2.45) is 0 Å². The van der Waals surface area contributed by atoms with Gasteiger partial charge >= 0.3 is 0 Å². The van der Waals surface area contributed by atoms with Gasteiger partial charge in [-0.15, -0.1) is 0 Å². The van der Waals surface area contributed by atoms with Crippen LogP contribution in [-0.2, 0) is 6.42 Å². The van der Waals surface area contributed by atoms with Crippen LogP contribution in [0.15, 0.2) is 24.4 Å². The first-order chi connectivity index (χ1) is 12.6. The van der Waals surface area contributed by atoms with Gasteiger partial charge in [0.05, 0.1) is 19.0 Å². The number of aryl methyl sites for hydroxylation is 2. The molecule has 0 spiro atoms. The third-order valence-electron chi connectivity index (χ3n) is 5.12. The van der Waals surface area contributed by atoms with Crippen LogP contribution < -0.4 is 14.4 Å². The Morgan fingerprint density at radius 1 is 1.19 bits per heavy atom. The highest BCUT2D eigenvalue weighted by Crippen LogP contribution is 2.29. The minimum absolute atomic E-state index is 0.178. The monoisotopic (exact) mass is 353 g/mol. The van der Waals surface area contributed by atoms with Crippen molar-refractivity contribution in [1.29, 1.82) is 0 Å². The van der Waals surface area contributed by atoms with Crippen molar-refractivity contribution < 1.29 is 14.3 Å². The van der Waals surface area contributed by atoms with Crippen LogP contribution in [0.25, 0.3) is 0 Å². The highest BCUT2D eigenvalue weighted by Gasteiger charge is 2.26. The van der Waals surface area contributed by atoms with Crippen molar-refractivity contribution in [3.05, 3.63) is 41.2 Å². The van der Waals surface area contributed by atoms with E-state index in [0.29, 0.717) is 12.3 Å². The first-order valence-electron chi connectivity index (χ1n) is 9.09. The van der Waals surface area contributed by atoms with E-state index in [1.54, 1.807) is 13.3 Å². The molecule has 1 aliphatic heterocycles. The number of piperidine rings is 1. The van der Waals surface area contributed by atoms with Crippen LogP contribution in [-0.4, -0.2) is 42.1 Å². The molecule has 6 nitrogen and oxygen atoms in total. The third-order valence-corrected chi connectivity index (χ3v) is 5.12. The zero-order valence-corrected chi connectivity index (χ0v) is 15.2. The quantitative estimate of drug-likeness (QED) is 0.842. The number of nitrogens with zero attached hydrogens (tertiary/aromatic N) is 3. The number of fused-ring (bicyclic) bond motifs is 1. The molecule has 2 aromatic rings. The highest BCUT2D eigenvalue weighted by molar-refractivity contribution is 6.00. The third kappa shape index (κ3) is 3.23. The molecule has 26 heavy (non-hydrogen) atoms. The summed E-state index contributed by atoms with van der Waals surface area (Å²) in [5, 5.41) is 0. The molecule has 6 heteroatoms. The summed E-state index contributed by atoms with van der Waals surface area (Å²) >= 11 is 0. The van der Waals surface area contributed by atoms with E-state index in [0.717, 1.165) is 60.7 Å². The number of hydrogen-bond donors (Lipinski definition) is 0. The van der Waals surface area contributed by atoms with Crippen molar-refractivity contribution in [2.75, 3.05) is 25.1 Å². The molecule has 0 N–H and O–H groups in total. The summed E-state index contributed by atoms with van der Waals surface area (Å²) in [6.07, 6.45) is 5.11. The summed E-state index contributed by atoms with van der Waals surface area (Å²) in [5.41, 5.74) is 2.85. The lowest BCUT2D eigenvalue weighted by molar-refractivity contribution is 0.0994. The number of carbonyl (C=O) groups is 1. The predicted octanol–water partition coefficient (Wildman–Crippen LogP) is 2.97. The van der Waals surface area contributed by atoms with Crippen molar-refractivity contribution in [1.82, 2.24) is 9.97 Å². The summed E-state index contributed by atoms with van der Waals surface area (Å²) in [4.78, 5) is 23.2. The van der Waals surface area contributed by atoms with Gasteiger partial charge in [-0.3, -0.25) is 4.79 Å². The molecule has 1 fully saturated rings. The molecule has 0 unspecified atom stereocenters. The summed E-state index contributed by atoms with van der Waals surface area (Å²) in [6, 6.07) is 5.71. The van der Waals surface area contributed by atoms with Gasteiger partial charge in [0.1, 0.15) is 17.7 Å². The maximum absolute atomic E-state index is 11.9. The van der Waals surface area contributed by atoms with E-state index >= 15 is 0 Å². The zero-order valence-electron chi connectivity index (χ0n) is 15.2. The van der Waals surface area contributed by atoms with Crippen LogP contribution in [0, 0.1) is 6.92 Å². The van der Waals surface area contributed by atoms with Gasteiger partial charge in [0.25, 0.3) is 0 Å². The second-order valence-electron chi connectivity index (χ2n) is 6.89. The topological polar surface area (TPSA) is 64.6 Å². The van der Waals surface area contributed by atoms with Crippen molar-refractivity contribution in [3.8, 4) is 11.6 Å². The standard InChI is InChI=1S/C20H23N3O3/c1-13-11-16-17(4-5-18(16)24)22-20(13)23-9-7-14(8-10-23)26-15-3-6-19(25-2)21-12-15/h3,6,11-12,14H,4-5,7-10H2,1-2H3. The molecule has 2 aromatic heterocycles. The number of Topliss-reactive ketones (excluding diaryl/α,β-unsaturated/α-hetero) is 1. The normalized spacial score (nSPS) is 17.3. The number of anilines is 1. The van der Waals surface area contributed by atoms with Crippen LogP contribution in [0.3, 0.4) is 0 Å². The molecule has 2 aliphatic rings. The summed E-state index contributed by atoms with van der Waals surface area (Å²) in [7, 11) is 1.60. The number of pyridine rings is 2. The molecular formula is C20H23N3O3. The lowest BCUT2D eigenvalue weighted by Gasteiger charge is -2.34. The van der Waals surface area contributed by atoms with Crippen LogP contribution in [0.2, 0.25) is 0 Å². The first kappa shape index (κ1) is 16.8. The minimum atomic E-state index is 0.178. The highest BCUT2D eigenvalue weighted by atomic mass is 16.5. The van der Waals surface area contributed by atoms with Gasteiger partial charge in [0.2, 0.25) is 5.88 Å². The fourth-order valence-electron chi connectivity index (χ4n) is 3.69. The van der Waals surface area contributed by atoms with Gasteiger partial charge in [-0.25, -0.2) is 9.97 Å².